The number of carbonyl (C=O) groups excluding carboxylic acids is 1. The van der Waals surface area contributed by atoms with Crippen molar-refractivity contribution in [3.05, 3.63) is 40.9 Å². The molecule has 1 fully saturated rings. The van der Waals surface area contributed by atoms with Crippen molar-refractivity contribution in [1.29, 1.82) is 0 Å². The summed E-state index contributed by atoms with van der Waals surface area (Å²) in [6.07, 6.45) is 0.331. The van der Waals surface area contributed by atoms with Crippen molar-refractivity contribution >= 4 is 17.2 Å². The molecule has 2 heterocycles. The molecule has 0 unspecified atom stereocenters. The van der Waals surface area contributed by atoms with Crippen LogP contribution in [0.25, 0.3) is 10.6 Å². The van der Waals surface area contributed by atoms with Gasteiger partial charge in [-0.3, -0.25) is 9.69 Å². The second kappa shape index (κ2) is 9.94. The molecule has 2 aromatic rings. The summed E-state index contributed by atoms with van der Waals surface area (Å²) in [6.45, 7) is 6.02. The molecule has 0 atom stereocenters. The Morgan fingerprint density at radius 3 is 2.93 bits per heavy atom. The van der Waals surface area contributed by atoms with E-state index < -0.39 is 0 Å². The summed E-state index contributed by atoms with van der Waals surface area (Å²) in [4.78, 5) is 21.2. The summed E-state index contributed by atoms with van der Waals surface area (Å²) in [7, 11) is 3.98. The second-order valence-corrected chi connectivity index (χ2v) is 7.92. The van der Waals surface area contributed by atoms with E-state index in [0.29, 0.717) is 13.0 Å². The van der Waals surface area contributed by atoms with Crippen LogP contribution >= 0.6 is 11.3 Å². The van der Waals surface area contributed by atoms with Crippen molar-refractivity contribution in [2.24, 2.45) is 0 Å². The third-order valence-electron chi connectivity index (χ3n) is 4.46. The largest absolute Gasteiger partial charge is 0.379 e. The van der Waals surface area contributed by atoms with E-state index in [9.17, 15) is 4.79 Å². The van der Waals surface area contributed by atoms with Gasteiger partial charge in [0, 0.05) is 43.7 Å². The zero-order valence-corrected chi connectivity index (χ0v) is 16.9. The number of ether oxygens (including phenoxy) is 1. The number of hydrogen-bond donors (Lipinski definition) is 1. The standard InChI is InChI=1S/C20H28N4O2S/c1-23(2)7-6-21-19(25)13-18-15-27-20(22-18)17-5-3-4-16(12-17)14-24-8-10-26-11-9-24/h3-5,12,15H,6-11,13-14H2,1-2H3,(H,21,25). The predicted molar refractivity (Wildman–Crippen MR) is 109 cm³/mol. The molecule has 146 valence electrons. The van der Waals surface area contributed by atoms with Crippen molar-refractivity contribution < 1.29 is 9.53 Å². The van der Waals surface area contributed by atoms with Crippen LogP contribution < -0.4 is 5.32 Å². The van der Waals surface area contributed by atoms with E-state index in [1.54, 1.807) is 11.3 Å². The van der Waals surface area contributed by atoms with E-state index in [-0.39, 0.29) is 5.91 Å². The predicted octanol–water partition coefficient (Wildman–Crippen LogP) is 1.86. The molecule has 1 amide bonds. The van der Waals surface area contributed by atoms with Gasteiger partial charge < -0.3 is 15.0 Å². The van der Waals surface area contributed by atoms with Crippen LogP contribution in [0.5, 0.6) is 0 Å². The highest BCUT2D eigenvalue weighted by molar-refractivity contribution is 7.13. The third-order valence-corrected chi connectivity index (χ3v) is 5.40. The minimum atomic E-state index is 0.0229. The molecule has 1 aromatic carbocycles. The minimum absolute atomic E-state index is 0.0229. The van der Waals surface area contributed by atoms with Gasteiger partial charge in [-0.2, -0.15) is 0 Å². The second-order valence-electron chi connectivity index (χ2n) is 7.06. The topological polar surface area (TPSA) is 57.7 Å². The molecule has 27 heavy (non-hydrogen) atoms. The lowest BCUT2D eigenvalue weighted by Gasteiger charge is -2.26. The van der Waals surface area contributed by atoms with Crippen LogP contribution in [-0.4, -0.2) is 74.2 Å². The van der Waals surface area contributed by atoms with E-state index >= 15 is 0 Å². The average Bonchev–Trinajstić information content (AvgIpc) is 3.11. The number of hydrogen-bond acceptors (Lipinski definition) is 6. The molecule has 1 aliphatic rings. The van der Waals surface area contributed by atoms with E-state index in [1.807, 2.05) is 24.4 Å². The molecule has 7 heteroatoms. The number of thiazole rings is 1. The van der Waals surface area contributed by atoms with Gasteiger partial charge in [-0.25, -0.2) is 4.98 Å². The molecule has 1 aromatic heterocycles. The van der Waals surface area contributed by atoms with Gasteiger partial charge in [0.05, 0.1) is 25.3 Å². The quantitative estimate of drug-likeness (QED) is 0.748. The van der Waals surface area contributed by atoms with Gasteiger partial charge in [-0.1, -0.05) is 18.2 Å². The minimum Gasteiger partial charge on any atom is -0.379 e. The van der Waals surface area contributed by atoms with Crippen molar-refractivity contribution in [2.75, 3.05) is 53.5 Å². The van der Waals surface area contributed by atoms with Crippen molar-refractivity contribution in [3.8, 4) is 10.6 Å². The zero-order valence-electron chi connectivity index (χ0n) is 16.1. The molecule has 6 nitrogen and oxygen atoms in total. The summed E-state index contributed by atoms with van der Waals surface area (Å²) in [5.74, 6) is 0.0229. The zero-order chi connectivity index (χ0) is 19.1. The van der Waals surface area contributed by atoms with E-state index in [2.05, 4.69) is 39.5 Å². The van der Waals surface area contributed by atoms with Crippen LogP contribution in [0.1, 0.15) is 11.3 Å². The lowest BCUT2D eigenvalue weighted by atomic mass is 10.1. The number of carbonyl (C=O) groups is 1. The van der Waals surface area contributed by atoms with Crippen LogP contribution in [0, 0.1) is 0 Å². The highest BCUT2D eigenvalue weighted by Gasteiger charge is 2.12. The Bertz CT molecular complexity index is 741. The maximum Gasteiger partial charge on any atom is 0.226 e. The molecule has 0 bridgehead atoms. The lowest BCUT2D eigenvalue weighted by Crippen LogP contribution is -2.35. The number of benzene rings is 1. The molecule has 3 rings (SSSR count). The van der Waals surface area contributed by atoms with Gasteiger partial charge in [-0.15, -0.1) is 11.3 Å². The van der Waals surface area contributed by atoms with E-state index in [0.717, 1.165) is 55.7 Å². The maximum atomic E-state index is 12.0. The van der Waals surface area contributed by atoms with Gasteiger partial charge in [0.25, 0.3) is 0 Å². The van der Waals surface area contributed by atoms with Gasteiger partial charge in [0.15, 0.2) is 0 Å². The normalized spacial score (nSPS) is 15.2. The van der Waals surface area contributed by atoms with Gasteiger partial charge >= 0.3 is 0 Å². The Labute approximate surface area is 165 Å². The number of morpholine rings is 1. The summed E-state index contributed by atoms with van der Waals surface area (Å²) < 4.78 is 5.42. The van der Waals surface area contributed by atoms with Crippen LogP contribution in [-0.2, 0) is 22.5 Å². The summed E-state index contributed by atoms with van der Waals surface area (Å²) in [5, 5.41) is 5.88. The smallest absolute Gasteiger partial charge is 0.226 e. The molecule has 0 saturated carbocycles. The fraction of sp³-hybridized carbons (Fsp3) is 0.500. The molecule has 1 N–H and O–H groups in total. The lowest BCUT2D eigenvalue weighted by molar-refractivity contribution is -0.120. The average molecular weight is 389 g/mol. The number of nitrogens with zero attached hydrogens (tertiary/aromatic N) is 3. The van der Waals surface area contributed by atoms with E-state index in [4.69, 9.17) is 4.74 Å². The summed E-state index contributed by atoms with van der Waals surface area (Å²) >= 11 is 1.60. The van der Waals surface area contributed by atoms with Crippen LogP contribution in [0.3, 0.4) is 0 Å². The summed E-state index contributed by atoms with van der Waals surface area (Å²) in [6, 6.07) is 8.53. The van der Waals surface area contributed by atoms with Crippen LogP contribution in [0.2, 0.25) is 0 Å². The number of nitrogens with one attached hydrogen (secondary N) is 1. The van der Waals surface area contributed by atoms with Gasteiger partial charge in [-0.05, 0) is 25.7 Å². The first-order valence-corrected chi connectivity index (χ1v) is 10.2. The fourth-order valence-electron chi connectivity index (χ4n) is 2.99. The number of aromatic nitrogens is 1. The summed E-state index contributed by atoms with van der Waals surface area (Å²) in [5.41, 5.74) is 3.23. The fourth-order valence-corrected chi connectivity index (χ4v) is 3.80. The molecule has 0 radical (unpaired) electrons. The highest BCUT2D eigenvalue weighted by Crippen LogP contribution is 2.25. The van der Waals surface area contributed by atoms with E-state index in [1.165, 1.54) is 5.56 Å². The molecule has 0 spiro atoms. The first-order chi connectivity index (χ1) is 13.1. The molecular weight excluding hydrogens is 360 g/mol. The molecule has 1 saturated heterocycles. The Morgan fingerprint density at radius 2 is 2.15 bits per heavy atom. The Kier molecular flexibility index (Phi) is 7.34. The molecular formula is C20H28N4O2S. The molecule has 1 aliphatic heterocycles. The van der Waals surface area contributed by atoms with Crippen molar-refractivity contribution in [3.63, 3.8) is 0 Å². The van der Waals surface area contributed by atoms with Crippen LogP contribution in [0.15, 0.2) is 29.6 Å². The molecule has 0 aliphatic carbocycles. The van der Waals surface area contributed by atoms with Gasteiger partial charge in [0.1, 0.15) is 5.01 Å². The van der Waals surface area contributed by atoms with Crippen molar-refractivity contribution in [1.82, 2.24) is 20.1 Å². The monoisotopic (exact) mass is 388 g/mol. The Hall–Kier alpha value is -1.80. The number of likely N-dealkylation sites (N-methyl/N-ethyl adjacent to an activating group) is 1. The first-order valence-electron chi connectivity index (χ1n) is 9.35. The Balaban J connectivity index is 1.57. The number of amides is 1. The first kappa shape index (κ1) is 19.9. The van der Waals surface area contributed by atoms with Gasteiger partial charge in [0.2, 0.25) is 5.91 Å². The van der Waals surface area contributed by atoms with Crippen LogP contribution in [0.4, 0.5) is 0 Å². The number of rotatable bonds is 8. The maximum absolute atomic E-state index is 12.0. The Morgan fingerprint density at radius 1 is 1.33 bits per heavy atom. The highest BCUT2D eigenvalue weighted by atomic mass is 32.1. The third kappa shape index (κ3) is 6.39. The SMILES string of the molecule is CN(C)CCNC(=O)Cc1csc(-c2cccc(CN3CCOCC3)c2)n1. The van der Waals surface area contributed by atoms with Crippen molar-refractivity contribution in [2.45, 2.75) is 13.0 Å².